The molecule has 0 atom stereocenters. The Hall–Kier alpha value is -3.91. The van der Waals surface area contributed by atoms with Gasteiger partial charge in [-0.1, -0.05) is 42.5 Å². The van der Waals surface area contributed by atoms with E-state index in [9.17, 15) is 14.0 Å². The summed E-state index contributed by atoms with van der Waals surface area (Å²) in [4.78, 5) is 35.4. The molecule has 0 radical (unpaired) electrons. The minimum Gasteiger partial charge on any atom is -0.322 e. The van der Waals surface area contributed by atoms with Gasteiger partial charge in [-0.2, -0.15) is 0 Å². The van der Waals surface area contributed by atoms with Crippen LogP contribution in [0.3, 0.4) is 0 Å². The van der Waals surface area contributed by atoms with E-state index < -0.39 is 11.7 Å². The molecular weight excluding hydrogens is 427 g/mol. The first-order valence-electron chi connectivity index (χ1n) is 9.90. The van der Waals surface area contributed by atoms with Crippen LogP contribution >= 0.6 is 11.3 Å². The van der Waals surface area contributed by atoms with Crippen molar-refractivity contribution in [3.8, 4) is 11.1 Å². The number of nitrogens with one attached hydrogen (secondary N) is 1. The lowest BCUT2D eigenvalue weighted by Crippen LogP contribution is -2.27. The molecule has 5 rings (SSSR count). The van der Waals surface area contributed by atoms with E-state index in [0.717, 1.165) is 27.0 Å². The summed E-state index contributed by atoms with van der Waals surface area (Å²) in [5.74, 6) is -1.06. The number of hydrogen-bond donors (Lipinski definition) is 1. The van der Waals surface area contributed by atoms with Crippen molar-refractivity contribution in [3.05, 3.63) is 88.9 Å². The minimum absolute atomic E-state index is 0.0635. The van der Waals surface area contributed by atoms with Gasteiger partial charge >= 0.3 is 0 Å². The van der Waals surface area contributed by atoms with Gasteiger partial charge in [0.05, 0.1) is 17.5 Å². The normalized spacial score (nSPS) is 11.2. The number of halogens is 1. The number of thiophene rings is 1. The molecule has 0 saturated heterocycles. The number of amides is 1. The van der Waals surface area contributed by atoms with Crippen molar-refractivity contribution in [2.45, 2.75) is 13.5 Å². The smallest absolute Gasteiger partial charge is 0.271 e. The number of carbonyl (C=O) groups is 1. The Morgan fingerprint density at radius 1 is 1.12 bits per heavy atom. The lowest BCUT2D eigenvalue weighted by atomic mass is 10.0. The predicted molar refractivity (Wildman–Crippen MR) is 124 cm³/mol. The summed E-state index contributed by atoms with van der Waals surface area (Å²) in [7, 11) is 0. The van der Waals surface area contributed by atoms with Gasteiger partial charge in [0, 0.05) is 11.1 Å². The number of aromatic nitrogens is 3. The summed E-state index contributed by atoms with van der Waals surface area (Å²) in [5, 5.41) is 3.31. The van der Waals surface area contributed by atoms with Crippen molar-refractivity contribution in [3.63, 3.8) is 0 Å². The molecule has 0 aliphatic carbocycles. The van der Waals surface area contributed by atoms with Crippen LogP contribution in [-0.2, 0) is 11.3 Å². The Morgan fingerprint density at radius 2 is 1.88 bits per heavy atom. The molecule has 0 fully saturated rings. The average Bonchev–Trinajstić information content (AvgIpc) is 3.16. The molecule has 0 spiro atoms. The number of fused-ring (bicyclic) bond motifs is 3. The Kier molecular flexibility index (Phi) is 4.99. The number of benzene rings is 2. The molecule has 0 saturated carbocycles. The molecule has 3 aromatic heterocycles. The molecule has 1 amide bonds. The largest absolute Gasteiger partial charge is 0.322 e. The predicted octanol–water partition coefficient (Wildman–Crippen LogP) is 4.76. The van der Waals surface area contributed by atoms with Crippen LogP contribution in [0.2, 0.25) is 0 Å². The highest BCUT2D eigenvalue weighted by Crippen LogP contribution is 2.37. The van der Waals surface area contributed by atoms with E-state index in [0.29, 0.717) is 10.2 Å². The number of para-hydroxylation sites is 1. The molecule has 3 heterocycles. The molecule has 0 unspecified atom stereocenters. The number of carbonyl (C=O) groups excluding carboxylic acids is 1. The minimum atomic E-state index is -0.541. The van der Waals surface area contributed by atoms with E-state index in [1.165, 1.54) is 40.4 Å². The average molecular weight is 444 g/mol. The maximum Gasteiger partial charge on any atom is 0.271 e. The standard InChI is InChI=1S/C24H17FN4O2S/c1-14-11-16(15-7-3-2-4-8-15)20-21-22(32-23(20)27-14)24(31)29(13-26-21)12-19(30)28-18-10-6-5-9-17(18)25/h2-11,13H,12H2,1H3,(H,28,30). The maximum atomic E-state index is 13.8. The molecule has 1 N–H and O–H groups in total. The van der Waals surface area contributed by atoms with Crippen molar-refractivity contribution < 1.29 is 9.18 Å². The molecule has 0 bridgehead atoms. The van der Waals surface area contributed by atoms with Gasteiger partial charge in [-0.15, -0.1) is 11.3 Å². The zero-order chi connectivity index (χ0) is 22.2. The van der Waals surface area contributed by atoms with Gasteiger partial charge in [0.25, 0.3) is 5.56 Å². The van der Waals surface area contributed by atoms with Crippen molar-refractivity contribution in [2.75, 3.05) is 5.32 Å². The molecule has 158 valence electrons. The van der Waals surface area contributed by atoms with Crippen LogP contribution in [0.15, 0.2) is 71.8 Å². The topological polar surface area (TPSA) is 76.9 Å². The van der Waals surface area contributed by atoms with Gasteiger partial charge < -0.3 is 5.32 Å². The molecule has 0 aliphatic heterocycles. The molecule has 2 aromatic carbocycles. The van der Waals surface area contributed by atoms with Crippen molar-refractivity contribution in [2.24, 2.45) is 0 Å². The van der Waals surface area contributed by atoms with E-state index in [2.05, 4.69) is 15.3 Å². The van der Waals surface area contributed by atoms with Crippen molar-refractivity contribution >= 4 is 43.4 Å². The monoisotopic (exact) mass is 444 g/mol. The first-order valence-corrected chi connectivity index (χ1v) is 10.7. The van der Waals surface area contributed by atoms with Gasteiger partial charge in [0.15, 0.2) is 0 Å². The molecular formula is C24H17FN4O2S. The third-order valence-corrected chi connectivity index (χ3v) is 6.15. The maximum absolute atomic E-state index is 13.8. The van der Waals surface area contributed by atoms with E-state index in [-0.39, 0.29) is 17.8 Å². The summed E-state index contributed by atoms with van der Waals surface area (Å²) in [6.07, 6.45) is 1.35. The summed E-state index contributed by atoms with van der Waals surface area (Å²) in [6, 6.07) is 17.7. The quantitative estimate of drug-likeness (QED) is 0.434. The molecule has 8 heteroatoms. The van der Waals surface area contributed by atoms with Gasteiger partial charge in [-0.3, -0.25) is 14.2 Å². The molecule has 32 heavy (non-hydrogen) atoms. The zero-order valence-corrected chi connectivity index (χ0v) is 17.8. The number of hydrogen-bond acceptors (Lipinski definition) is 5. The fourth-order valence-electron chi connectivity index (χ4n) is 3.65. The van der Waals surface area contributed by atoms with Crippen LogP contribution in [0.25, 0.3) is 31.6 Å². The zero-order valence-electron chi connectivity index (χ0n) is 17.0. The highest BCUT2D eigenvalue weighted by atomic mass is 32.1. The number of pyridine rings is 1. The van der Waals surface area contributed by atoms with Crippen LogP contribution in [0.5, 0.6) is 0 Å². The summed E-state index contributed by atoms with van der Waals surface area (Å²) in [5.41, 5.74) is 3.10. The second kappa shape index (κ2) is 7.97. The van der Waals surface area contributed by atoms with E-state index >= 15 is 0 Å². The number of rotatable bonds is 4. The fraction of sp³-hybridized carbons (Fsp3) is 0.0833. The van der Waals surface area contributed by atoms with Crippen LogP contribution in [0.1, 0.15) is 5.69 Å². The van der Waals surface area contributed by atoms with Crippen LogP contribution in [0.4, 0.5) is 10.1 Å². The summed E-state index contributed by atoms with van der Waals surface area (Å²) in [6.45, 7) is 1.64. The van der Waals surface area contributed by atoms with E-state index in [1.54, 1.807) is 6.07 Å². The van der Waals surface area contributed by atoms with Crippen molar-refractivity contribution in [1.82, 2.24) is 14.5 Å². The van der Waals surface area contributed by atoms with Gasteiger partial charge in [0.1, 0.15) is 21.9 Å². The SMILES string of the molecule is Cc1cc(-c2ccccc2)c2c(n1)sc1c(=O)n(CC(=O)Nc3ccccc3F)cnc12. The lowest BCUT2D eigenvalue weighted by molar-refractivity contribution is -0.116. The molecule has 5 aromatic rings. The van der Waals surface area contributed by atoms with Gasteiger partial charge in [-0.25, -0.2) is 14.4 Å². The number of anilines is 1. The molecule has 6 nitrogen and oxygen atoms in total. The summed E-state index contributed by atoms with van der Waals surface area (Å²) < 4.78 is 15.5. The van der Waals surface area contributed by atoms with Crippen LogP contribution in [0, 0.1) is 12.7 Å². The van der Waals surface area contributed by atoms with Gasteiger partial charge in [-0.05, 0) is 36.2 Å². The number of nitrogens with zero attached hydrogens (tertiary/aromatic N) is 3. The Morgan fingerprint density at radius 3 is 2.66 bits per heavy atom. The second-order valence-corrected chi connectivity index (χ2v) is 8.34. The number of aryl methyl sites for hydroxylation is 1. The molecule has 0 aliphatic rings. The Balaban J connectivity index is 1.57. The highest BCUT2D eigenvalue weighted by molar-refractivity contribution is 7.25. The Labute approximate surface area is 186 Å². The first kappa shape index (κ1) is 20.0. The van der Waals surface area contributed by atoms with E-state index in [4.69, 9.17) is 0 Å². The third-order valence-electron chi connectivity index (χ3n) is 5.09. The summed E-state index contributed by atoms with van der Waals surface area (Å²) >= 11 is 1.26. The first-order chi connectivity index (χ1) is 15.5. The lowest BCUT2D eigenvalue weighted by Gasteiger charge is -2.08. The fourth-order valence-corrected chi connectivity index (χ4v) is 4.80. The van der Waals surface area contributed by atoms with E-state index in [1.807, 2.05) is 43.3 Å². The highest BCUT2D eigenvalue weighted by Gasteiger charge is 2.18. The van der Waals surface area contributed by atoms with Crippen LogP contribution < -0.4 is 10.9 Å². The second-order valence-electron chi connectivity index (χ2n) is 7.34. The Bertz CT molecular complexity index is 1540. The third kappa shape index (κ3) is 3.54. The van der Waals surface area contributed by atoms with Crippen LogP contribution in [-0.4, -0.2) is 20.4 Å². The van der Waals surface area contributed by atoms with Crippen molar-refractivity contribution in [1.29, 1.82) is 0 Å². The van der Waals surface area contributed by atoms with Gasteiger partial charge in [0.2, 0.25) is 5.91 Å².